The lowest BCUT2D eigenvalue weighted by atomic mass is 10.1. The number of nitrogens with one attached hydrogen (secondary N) is 1. The molecule has 0 aromatic heterocycles. The largest absolute Gasteiger partial charge is 0.497 e. The number of amides is 1. The first-order valence-corrected chi connectivity index (χ1v) is 5.71. The molecule has 0 fully saturated rings. The highest BCUT2D eigenvalue weighted by atomic mass is 16.5. The maximum atomic E-state index is 11.5. The van der Waals surface area contributed by atoms with Gasteiger partial charge in [-0.25, -0.2) is 0 Å². The SMILES string of the molecule is COc1ccc([C@H](C)NC(=O)CCCO)cc1. The average Bonchev–Trinajstić information content (AvgIpc) is 2.36. The second kappa shape index (κ2) is 6.91. The van der Waals surface area contributed by atoms with E-state index in [0.717, 1.165) is 11.3 Å². The van der Waals surface area contributed by atoms with Gasteiger partial charge in [0.2, 0.25) is 5.91 Å². The minimum absolute atomic E-state index is 0.0351. The van der Waals surface area contributed by atoms with Crippen molar-refractivity contribution in [3.63, 3.8) is 0 Å². The van der Waals surface area contributed by atoms with Crippen LogP contribution in [0.2, 0.25) is 0 Å². The Morgan fingerprint density at radius 3 is 2.59 bits per heavy atom. The van der Waals surface area contributed by atoms with Crippen LogP contribution in [0.1, 0.15) is 31.4 Å². The molecule has 0 aliphatic carbocycles. The zero-order valence-corrected chi connectivity index (χ0v) is 10.3. The second-order valence-corrected chi connectivity index (χ2v) is 3.89. The van der Waals surface area contributed by atoms with Gasteiger partial charge in [0.15, 0.2) is 0 Å². The highest BCUT2D eigenvalue weighted by molar-refractivity contribution is 5.76. The van der Waals surface area contributed by atoms with Crippen LogP contribution in [-0.4, -0.2) is 24.7 Å². The summed E-state index contributed by atoms with van der Waals surface area (Å²) in [4.78, 5) is 11.5. The Balaban J connectivity index is 2.51. The Kier molecular flexibility index (Phi) is 5.49. The highest BCUT2D eigenvalue weighted by Gasteiger charge is 2.08. The molecule has 4 nitrogen and oxygen atoms in total. The van der Waals surface area contributed by atoms with Crippen LogP contribution in [-0.2, 0) is 4.79 Å². The van der Waals surface area contributed by atoms with Crippen molar-refractivity contribution >= 4 is 5.91 Å². The van der Waals surface area contributed by atoms with E-state index < -0.39 is 0 Å². The van der Waals surface area contributed by atoms with Crippen LogP contribution in [0.4, 0.5) is 0 Å². The van der Waals surface area contributed by atoms with E-state index in [-0.39, 0.29) is 18.6 Å². The topological polar surface area (TPSA) is 58.6 Å². The van der Waals surface area contributed by atoms with Gasteiger partial charge in [-0.15, -0.1) is 0 Å². The molecule has 0 heterocycles. The molecule has 4 heteroatoms. The lowest BCUT2D eigenvalue weighted by Crippen LogP contribution is -2.26. The summed E-state index contributed by atoms with van der Waals surface area (Å²) in [6, 6.07) is 7.55. The maximum Gasteiger partial charge on any atom is 0.220 e. The summed E-state index contributed by atoms with van der Waals surface area (Å²) < 4.78 is 5.07. The summed E-state index contributed by atoms with van der Waals surface area (Å²) in [7, 11) is 1.62. The van der Waals surface area contributed by atoms with Crippen LogP contribution in [0.15, 0.2) is 24.3 Å². The number of carbonyl (C=O) groups excluding carboxylic acids is 1. The number of carbonyl (C=O) groups is 1. The fourth-order valence-electron chi connectivity index (χ4n) is 1.53. The fraction of sp³-hybridized carbons (Fsp3) is 0.462. The van der Waals surface area contributed by atoms with Crippen molar-refractivity contribution in [3.05, 3.63) is 29.8 Å². The molecular formula is C13H19NO3. The summed E-state index contributed by atoms with van der Waals surface area (Å²) in [5.74, 6) is 0.759. The van der Waals surface area contributed by atoms with Crippen molar-refractivity contribution in [2.75, 3.05) is 13.7 Å². The van der Waals surface area contributed by atoms with E-state index in [9.17, 15) is 4.79 Å². The van der Waals surface area contributed by atoms with Gasteiger partial charge >= 0.3 is 0 Å². The number of aliphatic hydroxyl groups is 1. The Hall–Kier alpha value is -1.55. The molecule has 2 N–H and O–H groups in total. The van der Waals surface area contributed by atoms with Gasteiger partial charge in [0.25, 0.3) is 0 Å². The van der Waals surface area contributed by atoms with Gasteiger partial charge in [-0.05, 0) is 31.0 Å². The number of hydrogen-bond donors (Lipinski definition) is 2. The number of methoxy groups -OCH3 is 1. The first kappa shape index (κ1) is 13.5. The molecule has 0 aliphatic rings. The molecule has 1 aromatic carbocycles. The Morgan fingerprint density at radius 1 is 1.41 bits per heavy atom. The van der Waals surface area contributed by atoms with E-state index in [2.05, 4.69) is 5.32 Å². The van der Waals surface area contributed by atoms with Gasteiger partial charge in [0.05, 0.1) is 13.2 Å². The van der Waals surface area contributed by atoms with Crippen molar-refractivity contribution in [3.8, 4) is 5.75 Å². The minimum Gasteiger partial charge on any atom is -0.497 e. The molecule has 1 atom stereocenters. The molecule has 1 aromatic rings. The van der Waals surface area contributed by atoms with Crippen molar-refractivity contribution in [1.82, 2.24) is 5.32 Å². The Morgan fingerprint density at radius 2 is 2.06 bits per heavy atom. The van der Waals surface area contributed by atoms with Gasteiger partial charge in [-0.1, -0.05) is 12.1 Å². The standard InChI is InChI=1S/C13H19NO3/c1-10(14-13(16)4-3-9-15)11-5-7-12(17-2)8-6-11/h5-8,10,15H,3-4,9H2,1-2H3,(H,14,16)/t10-/m0/s1. The van der Waals surface area contributed by atoms with Crippen molar-refractivity contribution in [1.29, 1.82) is 0 Å². The average molecular weight is 237 g/mol. The van der Waals surface area contributed by atoms with E-state index in [1.165, 1.54) is 0 Å². The number of ether oxygens (including phenoxy) is 1. The fourth-order valence-corrected chi connectivity index (χ4v) is 1.53. The quantitative estimate of drug-likeness (QED) is 0.791. The molecular weight excluding hydrogens is 218 g/mol. The van der Waals surface area contributed by atoms with Crippen molar-refractivity contribution in [2.24, 2.45) is 0 Å². The van der Waals surface area contributed by atoms with Crippen LogP contribution in [0, 0.1) is 0 Å². The van der Waals surface area contributed by atoms with Gasteiger partial charge in [0, 0.05) is 13.0 Å². The number of rotatable bonds is 6. The minimum atomic E-state index is -0.0395. The molecule has 17 heavy (non-hydrogen) atoms. The number of aliphatic hydroxyl groups excluding tert-OH is 1. The molecule has 1 rings (SSSR count). The smallest absolute Gasteiger partial charge is 0.220 e. The molecule has 0 saturated heterocycles. The summed E-state index contributed by atoms with van der Waals surface area (Å²) in [6.07, 6.45) is 0.859. The third-order valence-electron chi connectivity index (χ3n) is 2.56. The lowest BCUT2D eigenvalue weighted by Gasteiger charge is -2.14. The van der Waals surface area contributed by atoms with E-state index in [4.69, 9.17) is 9.84 Å². The lowest BCUT2D eigenvalue weighted by molar-refractivity contribution is -0.122. The molecule has 0 spiro atoms. The molecule has 0 unspecified atom stereocenters. The molecule has 1 amide bonds. The molecule has 0 aliphatic heterocycles. The van der Waals surface area contributed by atoms with Crippen molar-refractivity contribution in [2.45, 2.75) is 25.8 Å². The van der Waals surface area contributed by atoms with Crippen molar-refractivity contribution < 1.29 is 14.6 Å². The normalized spacial score (nSPS) is 11.9. The molecule has 94 valence electrons. The highest BCUT2D eigenvalue weighted by Crippen LogP contribution is 2.17. The van der Waals surface area contributed by atoms with E-state index in [1.807, 2.05) is 31.2 Å². The van der Waals surface area contributed by atoms with Crippen LogP contribution < -0.4 is 10.1 Å². The zero-order chi connectivity index (χ0) is 12.7. The summed E-state index contributed by atoms with van der Waals surface area (Å²) in [5, 5.41) is 11.5. The van der Waals surface area contributed by atoms with Crippen LogP contribution in [0.25, 0.3) is 0 Å². The van der Waals surface area contributed by atoms with Gasteiger partial charge in [-0.2, -0.15) is 0 Å². The maximum absolute atomic E-state index is 11.5. The summed E-state index contributed by atoms with van der Waals surface area (Å²) >= 11 is 0. The predicted octanol–water partition coefficient (Wildman–Crippen LogP) is 1.64. The van der Waals surface area contributed by atoms with Crippen LogP contribution in [0.5, 0.6) is 5.75 Å². The molecule has 0 saturated carbocycles. The van der Waals surface area contributed by atoms with Gasteiger partial charge in [-0.3, -0.25) is 4.79 Å². The Labute approximate surface area is 102 Å². The first-order valence-electron chi connectivity index (χ1n) is 5.71. The third-order valence-corrected chi connectivity index (χ3v) is 2.56. The van der Waals surface area contributed by atoms with Gasteiger partial charge < -0.3 is 15.2 Å². The monoisotopic (exact) mass is 237 g/mol. The predicted molar refractivity (Wildman–Crippen MR) is 65.9 cm³/mol. The summed E-state index contributed by atoms with van der Waals surface area (Å²) in [5.41, 5.74) is 1.03. The first-order chi connectivity index (χ1) is 8.17. The number of benzene rings is 1. The Bertz CT molecular complexity index is 348. The van der Waals surface area contributed by atoms with Crippen LogP contribution >= 0.6 is 0 Å². The van der Waals surface area contributed by atoms with E-state index in [1.54, 1.807) is 7.11 Å². The van der Waals surface area contributed by atoms with Gasteiger partial charge in [0.1, 0.15) is 5.75 Å². The van der Waals surface area contributed by atoms with E-state index >= 15 is 0 Å². The summed E-state index contributed by atoms with van der Waals surface area (Å²) in [6.45, 7) is 1.98. The van der Waals surface area contributed by atoms with Crippen LogP contribution in [0.3, 0.4) is 0 Å². The second-order valence-electron chi connectivity index (χ2n) is 3.89. The third kappa shape index (κ3) is 4.44. The number of hydrogen-bond acceptors (Lipinski definition) is 3. The zero-order valence-electron chi connectivity index (χ0n) is 10.3. The molecule has 0 bridgehead atoms. The molecule has 0 radical (unpaired) electrons. The van der Waals surface area contributed by atoms with E-state index in [0.29, 0.717) is 12.8 Å².